The second-order valence-corrected chi connectivity index (χ2v) is 6.55. The predicted octanol–water partition coefficient (Wildman–Crippen LogP) is 3.86. The summed E-state index contributed by atoms with van der Waals surface area (Å²) in [6.07, 6.45) is 5.65. The third kappa shape index (κ3) is 3.12. The lowest BCUT2D eigenvalue weighted by molar-refractivity contribution is 0.688. The van der Waals surface area contributed by atoms with Crippen molar-refractivity contribution in [3.8, 4) is 9.75 Å². The van der Waals surface area contributed by atoms with Crippen molar-refractivity contribution in [1.82, 2.24) is 15.3 Å². The fraction of sp³-hybridized carbons (Fsp3) is 0.200. The molecule has 102 valence electrons. The Morgan fingerprint density at radius 1 is 1.20 bits per heavy atom. The summed E-state index contributed by atoms with van der Waals surface area (Å²) in [4.78, 5) is 11.2. The monoisotopic (exact) mass is 301 g/mol. The molecule has 0 amide bonds. The van der Waals surface area contributed by atoms with Gasteiger partial charge in [0.15, 0.2) is 0 Å². The largest absolute Gasteiger partial charge is 0.306 e. The van der Waals surface area contributed by atoms with Crippen molar-refractivity contribution in [2.24, 2.45) is 0 Å². The minimum absolute atomic E-state index is 0.796. The molecule has 3 aromatic heterocycles. The summed E-state index contributed by atoms with van der Waals surface area (Å²) in [7, 11) is 0. The van der Waals surface area contributed by atoms with E-state index < -0.39 is 0 Å². The van der Waals surface area contributed by atoms with E-state index in [1.54, 1.807) is 28.9 Å². The molecule has 0 aromatic carbocycles. The third-order valence-corrected chi connectivity index (χ3v) is 5.16. The molecule has 0 radical (unpaired) electrons. The summed E-state index contributed by atoms with van der Waals surface area (Å²) >= 11 is 3.54. The standard InChI is InChI=1S/C15H15N3S2/c1-11-4-6-19-15(11)13-9-18-14(20-13)10-17-8-12-3-2-5-16-7-12/h2-7,9,17H,8,10H2,1H3. The normalized spacial score (nSPS) is 10.8. The van der Waals surface area contributed by atoms with Gasteiger partial charge in [0.1, 0.15) is 5.01 Å². The van der Waals surface area contributed by atoms with Gasteiger partial charge in [0.05, 0.1) is 4.88 Å². The number of rotatable bonds is 5. The van der Waals surface area contributed by atoms with E-state index in [1.165, 1.54) is 20.9 Å². The quantitative estimate of drug-likeness (QED) is 0.777. The molecule has 20 heavy (non-hydrogen) atoms. The van der Waals surface area contributed by atoms with Gasteiger partial charge in [-0.25, -0.2) is 4.98 Å². The first-order valence-corrected chi connectivity index (χ1v) is 8.11. The number of aryl methyl sites for hydroxylation is 1. The molecule has 1 N–H and O–H groups in total. The molecule has 5 heteroatoms. The molecule has 0 fully saturated rings. The van der Waals surface area contributed by atoms with Crippen LogP contribution in [0.3, 0.4) is 0 Å². The van der Waals surface area contributed by atoms with E-state index in [1.807, 2.05) is 18.5 Å². The molecule has 0 saturated heterocycles. The summed E-state index contributed by atoms with van der Waals surface area (Å²) in [6, 6.07) is 6.18. The molecular weight excluding hydrogens is 286 g/mol. The van der Waals surface area contributed by atoms with Gasteiger partial charge in [-0.2, -0.15) is 0 Å². The van der Waals surface area contributed by atoms with Crippen LogP contribution in [0, 0.1) is 6.92 Å². The number of nitrogens with zero attached hydrogens (tertiary/aromatic N) is 2. The Bertz CT molecular complexity index is 673. The third-order valence-electron chi connectivity index (χ3n) is 2.97. The zero-order valence-corrected chi connectivity index (χ0v) is 12.8. The van der Waals surface area contributed by atoms with Crippen molar-refractivity contribution in [2.45, 2.75) is 20.0 Å². The lowest BCUT2D eigenvalue weighted by Crippen LogP contribution is -2.12. The minimum Gasteiger partial charge on any atom is -0.306 e. The summed E-state index contributed by atoms with van der Waals surface area (Å²) in [5.74, 6) is 0. The van der Waals surface area contributed by atoms with Crippen LogP contribution in [0.4, 0.5) is 0 Å². The number of hydrogen-bond donors (Lipinski definition) is 1. The van der Waals surface area contributed by atoms with E-state index >= 15 is 0 Å². The van der Waals surface area contributed by atoms with Gasteiger partial charge in [-0.15, -0.1) is 22.7 Å². The van der Waals surface area contributed by atoms with Crippen LogP contribution in [0.1, 0.15) is 16.1 Å². The van der Waals surface area contributed by atoms with Crippen molar-refractivity contribution >= 4 is 22.7 Å². The molecule has 3 rings (SSSR count). The average Bonchev–Trinajstić information content (AvgIpc) is 3.09. The van der Waals surface area contributed by atoms with Crippen LogP contribution in [0.25, 0.3) is 9.75 Å². The molecule has 0 bridgehead atoms. The van der Waals surface area contributed by atoms with Crippen molar-refractivity contribution in [1.29, 1.82) is 0 Å². The first kappa shape index (κ1) is 13.4. The van der Waals surface area contributed by atoms with Crippen molar-refractivity contribution in [3.05, 3.63) is 58.3 Å². The Morgan fingerprint density at radius 3 is 2.90 bits per heavy atom. The fourth-order valence-electron chi connectivity index (χ4n) is 1.94. The van der Waals surface area contributed by atoms with Gasteiger partial charge < -0.3 is 5.32 Å². The van der Waals surface area contributed by atoms with Gasteiger partial charge in [0.25, 0.3) is 0 Å². The second kappa shape index (κ2) is 6.26. The molecule has 0 aliphatic heterocycles. The Morgan fingerprint density at radius 2 is 2.15 bits per heavy atom. The summed E-state index contributed by atoms with van der Waals surface area (Å²) in [5, 5.41) is 6.65. The fourth-order valence-corrected chi connectivity index (χ4v) is 3.93. The van der Waals surface area contributed by atoms with Crippen molar-refractivity contribution < 1.29 is 0 Å². The number of thiazole rings is 1. The SMILES string of the molecule is Cc1ccsc1-c1cnc(CNCc2cccnc2)s1. The molecule has 3 nitrogen and oxygen atoms in total. The van der Waals surface area contributed by atoms with E-state index in [9.17, 15) is 0 Å². The molecule has 3 aromatic rings. The first-order valence-electron chi connectivity index (χ1n) is 6.42. The van der Waals surface area contributed by atoms with E-state index in [-0.39, 0.29) is 0 Å². The van der Waals surface area contributed by atoms with Crippen LogP contribution in [0.15, 0.2) is 42.2 Å². The lowest BCUT2D eigenvalue weighted by atomic mass is 10.3. The van der Waals surface area contributed by atoms with E-state index in [0.717, 1.165) is 18.1 Å². The average molecular weight is 301 g/mol. The van der Waals surface area contributed by atoms with Crippen LogP contribution in [0.5, 0.6) is 0 Å². The van der Waals surface area contributed by atoms with Gasteiger partial charge in [0.2, 0.25) is 0 Å². The van der Waals surface area contributed by atoms with Crippen LogP contribution in [-0.4, -0.2) is 9.97 Å². The summed E-state index contributed by atoms with van der Waals surface area (Å²) in [5.41, 5.74) is 2.52. The summed E-state index contributed by atoms with van der Waals surface area (Å²) in [6.45, 7) is 3.76. The molecule has 3 heterocycles. The molecule has 0 atom stereocenters. The van der Waals surface area contributed by atoms with Gasteiger partial charge in [-0.1, -0.05) is 6.07 Å². The molecule has 0 aliphatic rings. The number of nitrogens with one attached hydrogen (secondary N) is 1. The second-order valence-electron chi connectivity index (χ2n) is 4.52. The maximum absolute atomic E-state index is 4.49. The van der Waals surface area contributed by atoms with E-state index in [4.69, 9.17) is 0 Å². The first-order chi connectivity index (χ1) is 9.83. The van der Waals surface area contributed by atoms with E-state index in [0.29, 0.717) is 0 Å². The number of pyridine rings is 1. The van der Waals surface area contributed by atoms with Crippen LogP contribution in [0.2, 0.25) is 0 Å². The Labute approximate surface area is 126 Å². The number of thiophene rings is 1. The number of aromatic nitrogens is 2. The van der Waals surface area contributed by atoms with Gasteiger partial charge in [-0.05, 0) is 35.6 Å². The lowest BCUT2D eigenvalue weighted by Gasteiger charge is -2.01. The highest BCUT2D eigenvalue weighted by atomic mass is 32.1. The van der Waals surface area contributed by atoms with Gasteiger partial charge in [0, 0.05) is 36.6 Å². The molecule has 0 spiro atoms. The Hall–Kier alpha value is -1.56. The maximum Gasteiger partial charge on any atom is 0.107 e. The Balaban J connectivity index is 1.59. The van der Waals surface area contributed by atoms with Crippen LogP contribution < -0.4 is 5.32 Å². The van der Waals surface area contributed by atoms with Crippen LogP contribution in [-0.2, 0) is 13.1 Å². The van der Waals surface area contributed by atoms with E-state index in [2.05, 4.69) is 39.7 Å². The van der Waals surface area contributed by atoms with Crippen LogP contribution >= 0.6 is 22.7 Å². The molecule has 0 aliphatic carbocycles. The molecular formula is C15H15N3S2. The van der Waals surface area contributed by atoms with Crippen molar-refractivity contribution in [3.63, 3.8) is 0 Å². The minimum atomic E-state index is 0.796. The molecule has 0 unspecified atom stereocenters. The molecule has 0 saturated carbocycles. The topological polar surface area (TPSA) is 37.8 Å². The number of hydrogen-bond acceptors (Lipinski definition) is 5. The highest BCUT2D eigenvalue weighted by Crippen LogP contribution is 2.33. The summed E-state index contributed by atoms with van der Waals surface area (Å²) < 4.78 is 0. The van der Waals surface area contributed by atoms with Gasteiger partial charge >= 0.3 is 0 Å². The van der Waals surface area contributed by atoms with Gasteiger partial charge in [-0.3, -0.25) is 4.98 Å². The maximum atomic E-state index is 4.49. The zero-order valence-electron chi connectivity index (χ0n) is 11.2. The Kier molecular flexibility index (Phi) is 4.20. The predicted molar refractivity (Wildman–Crippen MR) is 84.9 cm³/mol. The highest BCUT2D eigenvalue weighted by Gasteiger charge is 2.08. The smallest absolute Gasteiger partial charge is 0.107 e. The highest BCUT2D eigenvalue weighted by molar-refractivity contribution is 7.21. The zero-order chi connectivity index (χ0) is 13.8. The van der Waals surface area contributed by atoms with Crippen molar-refractivity contribution in [2.75, 3.05) is 0 Å².